The maximum Gasteiger partial charge on any atom is 0.256 e. The third-order valence-corrected chi connectivity index (χ3v) is 4.34. The van der Waals surface area contributed by atoms with E-state index in [0.29, 0.717) is 31.1 Å². The first-order valence-corrected chi connectivity index (χ1v) is 8.27. The van der Waals surface area contributed by atoms with E-state index in [1.807, 2.05) is 32.0 Å². The standard InChI is InChI=1S/C18H23N3O3/c1-12-13(2)24-17(20-12)10-19-16-8-4-3-7-15(16)18(23)21-9-5-6-14(22)11-21/h3-4,7-8,14,19,22H,5-6,9-11H2,1-2H3. The molecular formula is C18H23N3O3. The van der Waals surface area contributed by atoms with Gasteiger partial charge in [-0.25, -0.2) is 4.98 Å². The van der Waals surface area contributed by atoms with Gasteiger partial charge in [0.25, 0.3) is 5.91 Å². The molecule has 0 saturated carbocycles. The van der Waals surface area contributed by atoms with Gasteiger partial charge in [-0.15, -0.1) is 0 Å². The van der Waals surface area contributed by atoms with Crippen LogP contribution in [-0.2, 0) is 6.54 Å². The Morgan fingerprint density at radius 1 is 1.42 bits per heavy atom. The smallest absolute Gasteiger partial charge is 0.256 e. The van der Waals surface area contributed by atoms with E-state index in [1.165, 1.54) is 0 Å². The van der Waals surface area contributed by atoms with E-state index in [4.69, 9.17) is 4.42 Å². The highest BCUT2D eigenvalue weighted by Gasteiger charge is 2.24. The van der Waals surface area contributed by atoms with Crippen molar-refractivity contribution in [2.75, 3.05) is 18.4 Å². The van der Waals surface area contributed by atoms with Crippen LogP contribution >= 0.6 is 0 Å². The number of hydrogen-bond acceptors (Lipinski definition) is 5. The molecule has 2 heterocycles. The maximum atomic E-state index is 12.8. The first kappa shape index (κ1) is 16.5. The van der Waals surface area contributed by atoms with Gasteiger partial charge in [-0.2, -0.15) is 0 Å². The molecule has 1 saturated heterocycles. The van der Waals surface area contributed by atoms with Crippen molar-refractivity contribution in [3.8, 4) is 0 Å². The summed E-state index contributed by atoms with van der Waals surface area (Å²) in [6.07, 6.45) is 1.16. The van der Waals surface area contributed by atoms with Crippen molar-refractivity contribution in [3.63, 3.8) is 0 Å². The second-order valence-corrected chi connectivity index (χ2v) is 6.20. The summed E-state index contributed by atoms with van der Waals surface area (Å²) in [5, 5.41) is 13.0. The van der Waals surface area contributed by atoms with Crippen molar-refractivity contribution < 1.29 is 14.3 Å². The lowest BCUT2D eigenvalue weighted by molar-refractivity contribution is 0.0474. The van der Waals surface area contributed by atoms with Crippen LogP contribution in [0, 0.1) is 13.8 Å². The third kappa shape index (κ3) is 3.59. The number of anilines is 1. The van der Waals surface area contributed by atoms with Gasteiger partial charge >= 0.3 is 0 Å². The number of aliphatic hydroxyl groups excluding tert-OH is 1. The molecular weight excluding hydrogens is 306 g/mol. The summed E-state index contributed by atoms with van der Waals surface area (Å²) >= 11 is 0. The number of aliphatic hydroxyl groups is 1. The highest BCUT2D eigenvalue weighted by Crippen LogP contribution is 2.21. The Kier molecular flexibility index (Phi) is 4.85. The molecule has 1 aromatic carbocycles. The van der Waals surface area contributed by atoms with Gasteiger partial charge in [-0.1, -0.05) is 12.1 Å². The van der Waals surface area contributed by atoms with Gasteiger partial charge in [0.1, 0.15) is 5.76 Å². The number of nitrogens with one attached hydrogen (secondary N) is 1. The molecule has 1 amide bonds. The Labute approximate surface area is 141 Å². The van der Waals surface area contributed by atoms with E-state index < -0.39 is 6.10 Å². The summed E-state index contributed by atoms with van der Waals surface area (Å²) in [4.78, 5) is 18.8. The van der Waals surface area contributed by atoms with Crippen molar-refractivity contribution in [2.24, 2.45) is 0 Å². The normalized spacial score (nSPS) is 17.8. The van der Waals surface area contributed by atoms with Crippen molar-refractivity contribution in [1.82, 2.24) is 9.88 Å². The number of hydrogen-bond donors (Lipinski definition) is 2. The number of carbonyl (C=O) groups excluding carboxylic acids is 1. The van der Waals surface area contributed by atoms with Crippen molar-refractivity contribution >= 4 is 11.6 Å². The number of piperidine rings is 1. The summed E-state index contributed by atoms with van der Waals surface area (Å²) in [6, 6.07) is 7.41. The quantitative estimate of drug-likeness (QED) is 0.901. The molecule has 1 aliphatic rings. The molecule has 1 fully saturated rings. The molecule has 3 rings (SSSR count). The van der Waals surface area contributed by atoms with E-state index in [1.54, 1.807) is 11.0 Å². The predicted molar refractivity (Wildman–Crippen MR) is 90.9 cm³/mol. The zero-order valence-corrected chi connectivity index (χ0v) is 14.1. The molecule has 1 aliphatic heterocycles. The van der Waals surface area contributed by atoms with Gasteiger partial charge in [0.15, 0.2) is 0 Å². The number of aryl methyl sites for hydroxylation is 2. The first-order valence-electron chi connectivity index (χ1n) is 8.27. The highest BCUT2D eigenvalue weighted by atomic mass is 16.4. The van der Waals surface area contributed by atoms with Gasteiger partial charge in [-0.05, 0) is 38.8 Å². The second-order valence-electron chi connectivity index (χ2n) is 6.20. The van der Waals surface area contributed by atoms with E-state index in [9.17, 15) is 9.90 Å². The number of rotatable bonds is 4. The molecule has 128 valence electrons. The van der Waals surface area contributed by atoms with Crippen LogP contribution in [0.5, 0.6) is 0 Å². The number of nitrogens with zero attached hydrogens (tertiary/aromatic N) is 2. The number of β-amino-alcohol motifs (C(OH)–C–C–N with tert-alkyl or cyclic N) is 1. The fraction of sp³-hybridized carbons (Fsp3) is 0.444. The predicted octanol–water partition coefficient (Wildman–Crippen LogP) is 2.50. The SMILES string of the molecule is Cc1nc(CNc2ccccc2C(=O)N2CCCC(O)C2)oc1C. The largest absolute Gasteiger partial charge is 0.444 e. The first-order chi connectivity index (χ1) is 11.5. The lowest BCUT2D eigenvalue weighted by Crippen LogP contribution is -2.42. The average molecular weight is 329 g/mol. The van der Waals surface area contributed by atoms with Crippen LogP contribution in [-0.4, -0.2) is 40.1 Å². The van der Waals surface area contributed by atoms with Crippen LogP contribution in [0.1, 0.15) is 40.5 Å². The number of benzene rings is 1. The molecule has 6 heteroatoms. The van der Waals surface area contributed by atoms with E-state index in [-0.39, 0.29) is 5.91 Å². The van der Waals surface area contributed by atoms with Crippen LogP contribution < -0.4 is 5.32 Å². The Balaban J connectivity index is 1.73. The van der Waals surface area contributed by atoms with Crippen LogP contribution in [0.4, 0.5) is 5.69 Å². The number of carbonyl (C=O) groups is 1. The molecule has 0 radical (unpaired) electrons. The zero-order valence-electron chi connectivity index (χ0n) is 14.1. The lowest BCUT2D eigenvalue weighted by Gasteiger charge is -2.30. The van der Waals surface area contributed by atoms with Crippen LogP contribution in [0.3, 0.4) is 0 Å². The topological polar surface area (TPSA) is 78.6 Å². The van der Waals surface area contributed by atoms with E-state index >= 15 is 0 Å². The monoisotopic (exact) mass is 329 g/mol. The summed E-state index contributed by atoms with van der Waals surface area (Å²) in [5.74, 6) is 1.34. The molecule has 2 aromatic rings. The Morgan fingerprint density at radius 2 is 2.21 bits per heavy atom. The van der Waals surface area contributed by atoms with E-state index in [2.05, 4.69) is 10.3 Å². The Morgan fingerprint density at radius 3 is 2.92 bits per heavy atom. The average Bonchev–Trinajstić information content (AvgIpc) is 2.91. The summed E-state index contributed by atoms with van der Waals surface area (Å²) < 4.78 is 5.56. The highest BCUT2D eigenvalue weighted by molar-refractivity contribution is 5.99. The minimum Gasteiger partial charge on any atom is -0.444 e. The van der Waals surface area contributed by atoms with Gasteiger partial charge in [0.2, 0.25) is 5.89 Å². The van der Waals surface area contributed by atoms with Crippen molar-refractivity contribution in [2.45, 2.75) is 39.3 Å². The summed E-state index contributed by atoms with van der Waals surface area (Å²) in [6.45, 7) is 5.28. The molecule has 0 bridgehead atoms. The molecule has 1 atom stereocenters. The number of likely N-dealkylation sites (tertiary alicyclic amines) is 1. The summed E-state index contributed by atoms with van der Waals surface area (Å²) in [7, 11) is 0. The van der Waals surface area contributed by atoms with Gasteiger partial charge in [0, 0.05) is 18.8 Å². The minimum atomic E-state index is -0.430. The number of aromatic nitrogens is 1. The van der Waals surface area contributed by atoms with E-state index in [0.717, 1.165) is 30.0 Å². The minimum absolute atomic E-state index is 0.0587. The second kappa shape index (κ2) is 7.05. The zero-order chi connectivity index (χ0) is 17.1. The molecule has 6 nitrogen and oxygen atoms in total. The maximum absolute atomic E-state index is 12.8. The Bertz CT molecular complexity index is 707. The van der Waals surface area contributed by atoms with Crippen LogP contribution in [0.2, 0.25) is 0 Å². The molecule has 0 aliphatic carbocycles. The van der Waals surface area contributed by atoms with Gasteiger partial charge in [0.05, 0.1) is 23.9 Å². The van der Waals surface area contributed by atoms with Crippen LogP contribution in [0.25, 0.3) is 0 Å². The number of para-hydroxylation sites is 1. The molecule has 1 unspecified atom stereocenters. The van der Waals surface area contributed by atoms with Crippen molar-refractivity contribution in [3.05, 3.63) is 47.2 Å². The number of oxazole rings is 1. The van der Waals surface area contributed by atoms with Crippen molar-refractivity contribution in [1.29, 1.82) is 0 Å². The summed E-state index contributed by atoms with van der Waals surface area (Å²) in [5.41, 5.74) is 2.22. The molecule has 1 aromatic heterocycles. The third-order valence-electron chi connectivity index (χ3n) is 4.34. The lowest BCUT2D eigenvalue weighted by atomic mass is 10.1. The fourth-order valence-electron chi connectivity index (χ4n) is 2.92. The Hall–Kier alpha value is -2.34. The van der Waals surface area contributed by atoms with Gasteiger partial charge < -0.3 is 19.7 Å². The molecule has 2 N–H and O–H groups in total. The van der Waals surface area contributed by atoms with Gasteiger partial charge in [-0.3, -0.25) is 4.79 Å². The number of amides is 1. The molecule has 24 heavy (non-hydrogen) atoms. The van der Waals surface area contributed by atoms with Crippen LogP contribution in [0.15, 0.2) is 28.7 Å². The molecule has 0 spiro atoms. The fourth-order valence-corrected chi connectivity index (χ4v) is 2.92.